The fourth-order valence-corrected chi connectivity index (χ4v) is 8.76. The summed E-state index contributed by atoms with van der Waals surface area (Å²) in [5, 5.41) is 0. The van der Waals surface area contributed by atoms with Crippen molar-refractivity contribution in [1.29, 1.82) is 0 Å². The molecule has 3 fully saturated rings. The number of morpholine rings is 1. The largest absolute Gasteiger partial charge is 0.493 e. The maximum Gasteiger partial charge on any atom is 0.329 e. The van der Waals surface area contributed by atoms with E-state index in [4.69, 9.17) is 23.7 Å². The zero-order valence-electron chi connectivity index (χ0n) is 33.8. The van der Waals surface area contributed by atoms with Gasteiger partial charge in [-0.25, -0.2) is 4.79 Å². The molecule has 2 saturated heterocycles. The van der Waals surface area contributed by atoms with Crippen molar-refractivity contribution in [2.24, 2.45) is 5.92 Å². The molecule has 2 aliphatic heterocycles. The summed E-state index contributed by atoms with van der Waals surface area (Å²) in [5.41, 5.74) is 6.47. The molecule has 9 nitrogen and oxygen atoms in total. The number of nitrogens with zero attached hydrogens (tertiary/aromatic N) is 2. The number of hydrogen-bond donors (Lipinski definition) is 0. The van der Waals surface area contributed by atoms with Gasteiger partial charge in [0.25, 0.3) is 0 Å². The Kier molecular flexibility index (Phi) is 14.5. The van der Waals surface area contributed by atoms with E-state index in [0.717, 1.165) is 100 Å². The average molecular weight is 755 g/mol. The van der Waals surface area contributed by atoms with Crippen LogP contribution in [0.15, 0.2) is 54.6 Å². The monoisotopic (exact) mass is 754 g/mol. The summed E-state index contributed by atoms with van der Waals surface area (Å²) < 4.78 is 29.7. The number of benzene rings is 3. The first-order valence-electron chi connectivity index (χ1n) is 20.6. The zero-order valence-corrected chi connectivity index (χ0v) is 33.8. The Labute approximate surface area is 328 Å². The van der Waals surface area contributed by atoms with Crippen molar-refractivity contribution in [2.45, 2.75) is 103 Å². The fraction of sp³-hybridized carbons (Fsp3) is 0.565. The maximum absolute atomic E-state index is 15.0. The fourth-order valence-electron chi connectivity index (χ4n) is 8.76. The number of methoxy groups -OCH3 is 2. The van der Waals surface area contributed by atoms with Crippen LogP contribution in [0.3, 0.4) is 0 Å². The summed E-state index contributed by atoms with van der Waals surface area (Å²) in [5.74, 6) is 1.56. The highest BCUT2D eigenvalue weighted by molar-refractivity contribution is 5.89. The van der Waals surface area contributed by atoms with Gasteiger partial charge >= 0.3 is 5.97 Å². The van der Waals surface area contributed by atoms with Gasteiger partial charge in [-0.15, -0.1) is 0 Å². The third-order valence-electron chi connectivity index (χ3n) is 12.0. The molecule has 3 atom stereocenters. The number of amides is 1. The number of aryl methyl sites for hydroxylation is 4. The van der Waals surface area contributed by atoms with E-state index in [1.165, 1.54) is 23.1 Å². The van der Waals surface area contributed by atoms with E-state index in [1.807, 2.05) is 42.2 Å². The first-order valence-corrected chi connectivity index (χ1v) is 20.6. The van der Waals surface area contributed by atoms with Gasteiger partial charge in [0.15, 0.2) is 11.5 Å². The Morgan fingerprint density at radius 1 is 0.800 bits per heavy atom. The van der Waals surface area contributed by atoms with Crippen molar-refractivity contribution in [3.8, 4) is 17.2 Å². The highest BCUT2D eigenvalue weighted by Gasteiger charge is 2.41. The molecule has 1 amide bonds. The summed E-state index contributed by atoms with van der Waals surface area (Å²) in [4.78, 5) is 33.7. The third kappa shape index (κ3) is 10.4. The molecule has 0 radical (unpaired) electrons. The Balaban J connectivity index is 1.24. The number of piperidine rings is 1. The molecule has 3 aromatic rings. The molecular formula is C46H62N2O7. The minimum Gasteiger partial charge on any atom is -0.493 e. The normalized spacial score (nSPS) is 19.4. The van der Waals surface area contributed by atoms with E-state index in [1.54, 1.807) is 14.2 Å². The lowest BCUT2D eigenvalue weighted by atomic mass is 9.75. The van der Waals surface area contributed by atoms with Gasteiger partial charge in [0.1, 0.15) is 24.5 Å². The molecule has 1 unspecified atom stereocenters. The van der Waals surface area contributed by atoms with Crippen molar-refractivity contribution in [3.05, 3.63) is 88.0 Å². The number of rotatable bonds is 15. The van der Waals surface area contributed by atoms with Crippen molar-refractivity contribution in [1.82, 2.24) is 9.80 Å². The van der Waals surface area contributed by atoms with Gasteiger partial charge in [-0.3, -0.25) is 9.69 Å². The number of carbonyl (C=O) groups is 2. The number of ether oxygens (including phenoxy) is 5. The molecule has 298 valence electrons. The van der Waals surface area contributed by atoms with E-state index >= 15 is 0 Å². The first kappa shape index (κ1) is 40.6. The standard InChI is InChI=1S/C46H62N2O7/c1-32-17-18-35(28-33(32)2)19-20-41(37-14-11-15-39(30-37)54-27-24-47-22-25-53-26-23-47)55-46(50)40-16-9-10-21-48(40)45(49)43(36-12-7-6-8-13-36)38-29-34(3)44(52-5)42(31-38)51-4/h11,14-15,17-18,28-31,36,40-41,43H,6-10,12-13,16,19-27H2,1-5H3/t40-,41?,43-/m0/s1. The number of carbonyl (C=O) groups excluding carboxylic acids is 2. The number of hydrogen-bond acceptors (Lipinski definition) is 8. The van der Waals surface area contributed by atoms with Crippen molar-refractivity contribution >= 4 is 11.9 Å². The van der Waals surface area contributed by atoms with Crippen LogP contribution in [0.1, 0.15) is 103 Å². The van der Waals surface area contributed by atoms with E-state index < -0.39 is 12.1 Å². The van der Waals surface area contributed by atoms with Crippen molar-refractivity contribution in [3.63, 3.8) is 0 Å². The first-order chi connectivity index (χ1) is 26.7. The highest BCUT2D eigenvalue weighted by Crippen LogP contribution is 2.42. The lowest BCUT2D eigenvalue weighted by molar-refractivity contribution is -0.163. The average Bonchev–Trinajstić information content (AvgIpc) is 3.21. The van der Waals surface area contributed by atoms with Crippen LogP contribution >= 0.6 is 0 Å². The van der Waals surface area contributed by atoms with Crippen LogP contribution in [0.25, 0.3) is 0 Å². The minimum atomic E-state index is -0.648. The van der Waals surface area contributed by atoms with Gasteiger partial charge in [0.2, 0.25) is 5.91 Å². The van der Waals surface area contributed by atoms with Crippen LogP contribution < -0.4 is 14.2 Å². The van der Waals surface area contributed by atoms with Crippen LogP contribution in [0.2, 0.25) is 0 Å². The summed E-state index contributed by atoms with van der Waals surface area (Å²) in [6.07, 6.45) is 8.53. The van der Waals surface area contributed by atoms with Gasteiger partial charge < -0.3 is 28.6 Å². The van der Waals surface area contributed by atoms with E-state index in [2.05, 4.69) is 43.0 Å². The van der Waals surface area contributed by atoms with E-state index in [-0.39, 0.29) is 23.7 Å². The Hall–Kier alpha value is -4.08. The topological polar surface area (TPSA) is 86.8 Å². The predicted molar refractivity (Wildman–Crippen MR) is 215 cm³/mol. The van der Waals surface area contributed by atoms with Gasteiger partial charge in [0.05, 0.1) is 33.4 Å². The van der Waals surface area contributed by atoms with Crippen LogP contribution in [0.5, 0.6) is 17.2 Å². The number of esters is 1. The van der Waals surface area contributed by atoms with Crippen molar-refractivity contribution in [2.75, 3.05) is 60.2 Å². The van der Waals surface area contributed by atoms with Crippen LogP contribution in [0.4, 0.5) is 0 Å². The minimum absolute atomic E-state index is 0.0162. The molecule has 1 aliphatic carbocycles. The molecule has 55 heavy (non-hydrogen) atoms. The van der Waals surface area contributed by atoms with Crippen LogP contribution in [0, 0.1) is 26.7 Å². The predicted octanol–water partition coefficient (Wildman–Crippen LogP) is 8.30. The van der Waals surface area contributed by atoms with Gasteiger partial charge in [-0.2, -0.15) is 0 Å². The van der Waals surface area contributed by atoms with Gasteiger partial charge in [-0.1, -0.05) is 55.7 Å². The lowest BCUT2D eigenvalue weighted by Crippen LogP contribution is -2.51. The zero-order chi connectivity index (χ0) is 38.7. The molecule has 0 spiro atoms. The Bertz CT molecular complexity index is 1730. The molecule has 0 aromatic heterocycles. The second kappa shape index (κ2) is 19.7. The van der Waals surface area contributed by atoms with E-state index in [0.29, 0.717) is 37.5 Å². The lowest BCUT2D eigenvalue weighted by Gasteiger charge is -2.40. The van der Waals surface area contributed by atoms with Crippen LogP contribution in [-0.2, 0) is 25.5 Å². The molecule has 9 heteroatoms. The molecule has 6 rings (SSSR count). The Morgan fingerprint density at radius 2 is 1.58 bits per heavy atom. The molecular weight excluding hydrogens is 693 g/mol. The van der Waals surface area contributed by atoms with E-state index in [9.17, 15) is 9.59 Å². The highest BCUT2D eigenvalue weighted by atomic mass is 16.5. The number of likely N-dealkylation sites (tertiary alicyclic amines) is 1. The smallest absolute Gasteiger partial charge is 0.329 e. The summed E-state index contributed by atoms with van der Waals surface area (Å²) >= 11 is 0. The molecule has 0 bridgehead atoms. The molecule has 0 N–H and O–H groups in total. The quantitative estimate of drug-likeness (QED) is 0.143. The molecule has 3 aromatic carbocycles. The van der Waals surface area contributed by atoms with Crippen LogP contribution in [-0.4, -0.2) is 87.9 Å². The summed E-state index contributed by atoms with van der Waals surface area (Å²) in [6, 6.07) is 17.9. The SMILES string of the molecule is COc1cc([C@@H](C(=O)N2CCCC[C@H]2C(=O)OC(CCc2ccc(C)c(C)c2)c2cccc(OCCN3CCOCC3)c2)C2CCCCC2)cc(C)c1OC. The third-order valence-corrected chi connectivity index (χ3v) is 12.0. The summed E-state index contributed by atoms with van der Waals surface area (Å²) in [7, 11) is 3.28. The Morgan fingerprint density at radius 3 is 2.33 bits per heavy atom. The van der Waals surface area contributed by atoms with Gasteiger partial charge in [-0.05, 0) is 123 Å². The summed E-state index contributed by atoms with van der Waals surface area (Å²) in [6.45, 7) is 11.5. The second-order valence-corrected chi connectivity index (χ2v) is 15.8. The van der Waals surface area contributed by atoms with Crippen molar-refractivity contribution < 1.29 is 33.3 Å². The molecule has 2 heterocycles. The molecule has 1 saturated carbocycles. The second-order valence-electron chi connectivity index (χ2n) is 15.8. The van der Waals surface area contributed by atoms with Gasteiger partial charge in [0, 0.05) is 26.2 Å². The molecule has 3 aliphatic rings. The maximum atomic E-state index is 15.0.